The first-order valence-electron chi connectivity index (χ1n) is 7.22. The van der Waals surface area contributed by atoms with E-state index in [9.17, 15) is 4.79 Å². The molecule has 0 saturated heterocycles. The van der Waals surface area contributed by atoms with Crippen molar-refractivity contribution in [3.8, 4) is 0 Å². The first-order valence-corrected chi connectivity index (χ1v) is 7.22. The van der Waals surface area contributed by atoms with E-state index in [-0.39, 0.29) is 5.91 Å². The number of hydrogen-bond acceptors (Lipinski definition) is 3. The van der Waals surface area contributed by atoms with Crippen molar-refractivity contribution >= 4 is 17.8 Å². The van der Waals surface area contributed by atoms with Gasteiger partial charge in [0.1, 0.15) is 17.3 Å². The van der Waals surface area contributed by atoms with Gasteiger partial charge in [-0.3, -0.25) is 4.79 Å². The number of nitrogens with one attached hydrogen (secondary N) is 1. The topological polar surface area (TPSA) is 60.1 Å². The molecule has 2 heterocycles. The van der Waals surface area contributed by atoms with Crippen LogP contribution in [0, 0.1) is 12.8 Å². The van der Waals surface area contributed by atoms with Crippen molar-refractivity contribution in [2.75, 3.05) is 5.32 Å². The molecule has 5 heteroatoms. The summed E-state index contributed by atoms with van der Waals surface area (Å²) in [6.07, 6.45) is 7.33. The van der Waals surface area contributed by atoms with Crippen LogP contribution in [-0.2, 0) is 4.79 Å². The van der Waals surface area contributed by atoms with Gasteiger partial charge in [-0.25, -0.2) is 4.68 Å². The van der Waals surface area contributed by atoms with Gasteiger partial charge in [0.25, 0.3) is 0 Å². The van der Waals surface area contributed by atoms with Gasteiger partial charge in [0, 0.05) is 12.1 Å². The summed E-state index contributed by atoms with van der Waals surface area (Å²) in [4.78, 5) is 12.0. The van der Waals surface area contributed by atoms with Crippen LogP contribution in [0.15, 0.2) is 34.9 Å². The molecule has 1 atom stereocenters. The Morgan fingerprint density at radius 1 is 1.48 bits per heavy atom. The summed E-state index contributed by atoms with van der Waals surface area (Å²) in [7, 11) is 0. The van der Waals surface area contributed by atoms with E-state index in [2.05, 4.69) is 17.3 Å². The van der Waals surface area contributed by atoms with Gasteiger partial charge in [-0.2, -0.15) is 5.10 Å². The molecule has 1 saturated carbocycles. The highest BCUT2D eigenvalue weighted by atomic mass is 16.3. The average molecular weight is 285 g/mol. The molecule has 0 aromatic carbocycles. The molecule has 1 fully saturated rings. The molecule has 1 N–H and O–H groups in total. The van der Waals surface area contributed by atoms with Crippen molar-refractivity contribution in [2.45, 2.75) is 32.7 Å². The molecular weight excluding hydrogens is 266 g/mol. The second kappa shape index (κ2) is 5.60. The number of hydrogen-bond donors (Lipinski definition) is 1. The van der Waals surface area contributed by atoms with Gasteiger partial charge in [0.15, 0.2) is 0 Å². The van der Waals surface area contributed by atoms with Gasteiger partial charge in [-0.1, -0.05) is 0 Å². The van der Waals surface area contributed by atoms with E-state index >= 15 is 0 Å². The Balaban J connectivity index is 1.65. The van der Waals surface area contributed by atoms with Gasteiger partial charge in [-0.05, 0) is 50.8 Å². The zero-order valence-corrected chi connectivity index (χ0v) is 12.2. The third-order valence-corrected chi connectivity index (χ3v) is 3.77. The van der Waals surface area contributed by atoms with E-state index in [1.165, 1.54) is 18.9 Å². The number of carbonyl (C=O) groups excluding carboxylic acids is 1. The van der Waals surface area contributed by atoms with Crippen LogP contribution in [0.1, 0.15) is 37.3 Å². The van der Waals surface area contributed by atoms with Crippen LogP contribution in [0.25, 0.3) is 6.08 Å². The summed E-state index contributed by atoms with van der Waals surface area (Å²) < 4.78 is 7.28. The second-order valence-electron chi connectivity index (χ2n) is 5.51. The molecule has 1 aliphatic rings. The van der Waals surface area contributed by atoms with Crippen LogP contribution in [0.4, 0.5) is 5.82 Å². The number of rotatable bonds is 5. The van der Waals surface area contributed by atoms with Crippen LogP contribution < -0.4 is 5.32 Å². The Morgan fingerprint density at radius 2 is 2.29 bits per heavy atom. The summed E-state index contributed by atoms with van der Waals surface area (Å²) in [6.45, 7) is 4.01. The number of aryl methyl sites for hydroxylation is 1. The number of aromatic nitrogens is 2. The predicted molar refractivity (Wildman–Crippen MR) is 80.8 cm³/mol. The summed E-state index contributed by atoms with van der Waals surface area (Å²) in [6, 6.07) is 5.84. The molecule has 0 radical (unpaired) electrons. The van der Waals surface area contributed by atoms with E-state index in [0.29, 0.717) is 17.7 Å². The molecule has 0 spiro atoms. The molecule has 1 aliphatic carbocycles. The highest BCUT2D eigenvalue weighted by Crippen LogP contribution is 2.40. The number of carbonyl (C=O) groups is 1. The molecule has 1 amide bonds. The van der Waals surface area contributed by atoms with E-state index < -0.39 is 0 Å². The lowest BCUT2D eigenvalue weighted by atomic mass is 10.2. The van der Waals surface area contributed by atoms with Gasteiger partial charge in [0.05, 0.1) is 12.2 Å². The Hall–Kier alpha value is -2.30. The third-order valence-electron chi connectivity index (χ3n) is 3.77. The summed E-state index contributed by atoms with van der Waals surface area (Å²) in [5, 5.41) is 7.18. The molecule has 2 aromatic heterocycles. The minimum atomic E-state index is -0.186. The number of anilines is 1. The van der Waals surface area contributed by atoms with Gasteiger partial charge >= 0.3 is 0 Å². The highest BCUT2D eigenvalue weighted by molar-refractivity contribution is 6.01. The van der Waals surface area contributed by atoms with Crippen LogP contribution in [0.2, 0.25) is 0 Å². The van der Waals surface area contributed by atoms with Gasteiger partial charge < -0.3 is 9.73 Å². The first kappa shape index (κ1) is 13.7. The largest absolute Gasteiger partial charge is 0.462 e. The Kier molecular flexibility index (Phi) is 3.64. The fraction of sp³-hybridized carbons (Fsp3) is 0.375. The van der Waals surface area contributed by atoms with E-state index in [0.717, 1.165) is 11.6 Å². The minimum Gasteiger partial charge on any atom is -0.462 e. The zero-order chi connectivity index (χ0) is 14.8. The van der Waals surface area contributed by atoms with Crippen molar-refractivity contribution in [1.82, 2.24) is 9.78 Å². The quantitative estimate of drug-likeness (QED) is 0.856. The van der Waals surface area contributed by atoms with E-state index in [1.807, 2.05) is 29.8 Å². The molecule has 2 aromatic rings. The maximum absolute atomic E-state index is 12.0. The van der Waals surface area contributed by atoms with Crippen molar-refractivity contribution in [3.63, 3.8) is 0 Å². The van der Waals surface area contributed by atoms with E-state index in [4.69, 9.17) is 4.42 Å². The molecule has 110 valence electrons. The Bertz CT molecular complexity index is 665. The van der Waals surface area contributed by atoms with Crippen molar-refractivity contribution in [3.05, 3.63) is 42.0 Å². The van der Waals surface area contributed by atoms with Crippen LogP contribution >= 0.6 is 0 Å². The van der Waals surface area contributed by atoms with Crippen molar-refractivity contribution < 1.29 is 9.21 Å². The molecule has 5 nitrogen and oxygen atoms in total. The van der Waals surface area contributed by atoms with Gasteiger partial charge in [-0.15, -0.1) is 0 Å². The molecule has 3 rings (SSSR count). The van der Waals surface area contributed by atoms with Gasteiger partial charge in [0.2, 0.25) is 5.91 Å². The summed E-state index contributed by atoms with van der Waals surface area (Å²) in [5.41, 5.74) is 0. The molecule has 1 unspecified atom stereocenters. The maximum atomic E-state index is 12.0. The first-order chi connectivity index (χ1) is 10.1. The fourth-order valence-electron chi connectivity index (χ4n) is 2.38. The summed E-state index contributed by atoms with van der Waals surface area (Å²) in [5.74, 6) is 2.73. The normalized spacial score (nSPS) is 16.3. The molecule has 0 bridgehead atoms. The number of nitrogens with zero attached hydrogens (tertiary/aromatic N) is 2. The highest BCUT2D eigenvalue weighted by Gasteiger charge is 2.30. The Morgan fingerprint density at radius 3 is 2.95 bits per heavy atom. The standard InChI is InChI=1S/C16H19N3O2/c1-11-3-6-14(21-11)7-8-16(20)18-15-9-10-17-19(15)12(2)13-4-5-13/h3,6-10,12-13H,4-5H2,1-2H3,(H,18,20)/b8-7+. The molecule has 21 heavy (non-hydrogen) atoms. The smallest absolute Gasteiger partial charge is 0.249 e. The van der Waals surface area contributed by atoms with E-state index in [1.54, 1.807) is 12.3 Å². The lowest BCUT2D eigenvalue weighted by molar-refractivity contribution is -0.111. The Labute approximate surface area is 123 Å². The zero-order valence-electron chi connectivity index (χ0n) is 12.2. The average Bonchev–Trinajstić information content (AvgIpc) is 3.08. The summed E-state index contributed by atoms with van der Waals surface area (Å²) >= 11 is 0. The molecule has 0 aliphatic heterocycles. The monoisotopic (exact) mass is 285 g/mol. The van der Waals surface area contributed by atoms with Crippen molar-refractivity contribution in [1.29, 1.82) is 0 Å². The third kappa shape index (κ3) is 3.24. The molecular formula is C16H19N3O2. The van der Waals surface area contributed by atoms with Crippen molar-refractivity contribution in [2.24, 2.45) is 5.92 Å². The number of amides is 1. The maximum Gasteiger partial charge on any atom is 0.249 e. The SMILES string of the molecule is Cc1ccc(/C=C/C(=O)Nc2ccnn2C(C)C2CC2)o1. The van der Waals surface area contributed by atoms with Crippen LogP contribution in [0.3, 0.4) is 0 Å². The number of furan rings is 1. The minimum absolute atomic E-state index is 0.186. The second-order valence-corrected chi connectivity index (χ2v) is 5.51. The van der Waals surface area contributed by atoms with Crippen LogP contribution in [-0.4, -0.2) is 15.7 Å². The van der Waals surface area contributed by atoms with Crippen LogP contribution in [0.5, 0.6) is 0 Å². The lowest BCUT2D eigenvalue weighted by Crippen LogP contribution is -2.16. The predicted octanol–water partition coefficient (Wildman–Crippen LogP) is 3.41. The fourth-order valence-corrected chi connectivity index (χ4v) is 2.38. The lowest BCUT2D eigenvalue weighted by Gasteiger charge is -2.14.